The molecule has 3 heterocycles. The van der Waals surface area contributed by atoms with Crippen molar-refractivity contribution in [3.63, 3.8) is 0 Å². The van der Waals surface area contributed by atoms with Gasteiger partial charge in [-0.15, -0.1) is 0 Å². The van der Waals surface area contributed by atoms with E-state index in [9.17, 15) is 4.79 Å². The molecule has 5 nitrogen and oxygen atoms in total. The highest BCUT2D eigenvalue weighted by molar-refractivity contribution is 5.96. The van der Waals surface area contributed by atoms with Gasteiger partial charge in [0.25, 0.3) is 0 Å². The fraction of sp³-hybridized carbons (Fsp3) is 0.440. The Balaban J connectivity index is 1.22. The molecule has 156 valence electrons. The van der Waals surface area contributed by atoms with Gasteiger partial charge in [0.05, 0.1) is 17.6 Å². The number of rotatable bonds is 3. The van der Waals surface area contributed by atoms with E-state index in [1.807, 2.05) is 0 Å². The molecule has 0 saturated carbocycles. The number of benzene rings is 2. The Kier molecular flexibility index (Phi) is 5.07. The highest BCUT2D eigenvalue weighted by Gasteiger charge is 2.31. The molecule has 2 aliphatic rings. The van der Waals surface area contributed by atoms with Gasteiger partial charge in [0.1, 0.15) is 5.82 Å². The minimum atomic E-state index is 0.131. The summed E-state index contributed by atoms with van der Waals surface area (Å²) in [5, 5.41) is 0. The van der Waals surface area contributed by atoms with Crippen molar-refractivity contribution in [2.75, 3.05) is 24.5 Å². The number of nitrogens with zero attached hydrogens (tertiary/aromatic N) is 3. The Bertz CT molecular complexity index is 1080. The number of nitrogens with one attached hydrogen (secondary N) is 1. The number of carbonyl (C=O) groups is 1. The van der Waals surface area contributed by atoms with Crippen molar-refractivity contribution < 1.29 is 4.79 Å². The second kappa shape index (κ2) is 7.88. The summed E-state index contributed by atoms with van der Waals surface area (Å²) in [7, 11) is 0. The van der Waals surface area contributed by atoms with Crippen molar-refractivity contribution in [3.05, 3.63) is 58.9 Å². The van der Waals surface area contributed by atoms with Gasteiger partial charge in [-0.3, -0.25) is 9.69 Å². The summed E-state index contributed by atoms with van der Waals surface area (Å²) in [5.41, 5.74) is 7.11. The van der Waals surface area contributed by atoms with Crippen LogP contribution in [0.2, 0.25) is 0 Å². The lowest BCUT2D eigenvalue weighted by molar-refractivity contribution is -0.123. The van der Waals surface area contributed by atoms with E-state index in [1.54, 1.807) is 0 Å². The second-order valence-corrected chi connectivity index (χ2v) is 8.98. The number of H-pyrrole nitrogens is 1. The van der Waals surface area contributed by atoms with E-state index in [2.05, 4.69) is 65.0 Å². The van der Waals surface area contributed by atoms with E-state index < -0.39 is 0 Å². The smallest absolute Gasteiger partial charge is 0.230 e. The lowest BCUT2D eigenvalue weighted by Gasteiger charge is -2.36. The van der Waals surface area contributed by atoms with Crippen LogP contribution in [0.3, 0.4) is 0 Å². The number of piperidine rings is 1. The predicted molar refractivity (Wildman–Crippen MR) is 121 cm³/mol. The third-order valence-corrected chi connectivity index (χ3v) is 6.62. The van der Waals surface area contributed by atoms with Gasteiger partial charge in [0.2, 0.25) is 5.91 Å². The molecule has 5 heteroatoms. The summed E-state index contributed by atoms with van der Waals surface area (Å²) in [5.74, 6) is 1.46. The van der Waals surface area contributed by atoms with E-state index >= 15 is 0 Å². The maximum Gasteiger partial charge on any atom is 0.230 e. The standard InChI is InChI=1S/C25H30N4O/c1-17-6-8-23-20(14-17)4-3-11-29(23)25(30)19-9-12-28(13-10-19)16-24-26-21-7-5-18(2)15-22(21)27-24/h5-8,14-15,19H,3-4,9-13,16H2,1-2H3,(H,26,27). The molecule has 0 unspecified atom stereocenters. The number of likely N-dealkylation sites (tertiary alicyclic amines) is 1. The van der Waals surface area contributed by atoms with E-state index in [0.29, 0.717) is 5.91 Å². The Labute approximate surface area is 178 Å². The van der Waals surface area contributed by atoms with Gasteiger partial charge in [0.15, 0.2) is 0 Å². The molecule has 0 aliphatic carbocycles. The van der Waals surface area contributed by atoms with Crippen molar-refractivity contribution in [1.29, 1.82) is 0 Å². The average Bonchev–Trinajstić information content (AvgIpc) is 3.14. The quantitative estimate of drug-likeness (QED) is 0.708. The highest BCUT2D eigenvalue weighted by Crippen LogP contribution is 2.31. The number of anilines is 1. The molecule has 3 aromatic rings. The number of aryl methyl sites for hydroxylation is 3. The largest absolute Gasteiger partial charge is 0.341 e. The number of aromatic nitrogens is 2. The molecule has 0 atom stereocenters. The first-order valence-corrected chi connectivity index (χ1v) is 11.2. The first kappa shape index (κ1) is 19.3. The molecule has 1 N–H and O–H groups in total. The van der Waals surface area contributed by atoms with Crippen molar-refractivity contribution in [2.45, 2.75) is 46.1 Å². The van der Waals surface area contributed by atoms with Crippen molar-refractivity contribution >= 4 is 22.6 Å². The van der Waals surface area contributed by atoms with Crippen LogP contribution in [0.25, 0.3) is 11.0 Å². The van der Waals surface area contributed by atoms with Gasteiger partial charge >= 0.3 is 0 Å². The Morgan fingerprint density at radius 1 is 1.07 bits per heavy atom. The molecule has 0 radical (unpaired) electrons. The SMILES string of the molecule is Cc1ccc2c(c1)CCCN2C(=O)C1CCN(Cc2nc3ccc(C)cc3[nH]2)CC1. The monoisotopic (exact) mass is 402 g/mol. The first-order chi connectivity index (χ1) is 14.6. The lowest BCUT2D eigenvalue weighted by Crippen LogP contribution is -2.44. The van der Waals surface area contributed by atoms with Gasteiger partial charge in [0, 0.05) is 18.2 Å². The van der Waals surface area contributed by atoms with Crippen LogP contribution in [-0.4, -0.2) is 40.4 Å². The maximum absolute atomic E-state index is 13.3. The predicted octanol–water partition coefficient (Wildman–Crippen LogP) is 4.37. The van der Waals surface area contributed by atoms with Crippen LogP contribution in [0.4, 0.5) is 5.69 Å². The number of carbonyl (C=O) groups excluding carboxylic acids is 1. The summed E-state index contributed by atoms with van der Waals surface area (Å²) >= 11 is 0. The van der Waals surface area contributed by atoms with Crippen LogP contribution < -0.4 is 4.90 Å². The fourth-order valence-corrected chi connectivity index (χ4v) is 4.98. The summed E-state index contributed by atoms with van der Waals surface area (Å²) in [6.07, 6.45) is 3.99. The molecular weight excluding hydrogens is 372 g/mol. The molecule has 2 aliphatic heterocycles. The van der Waals surface area contributed by atoms with Crippen LogP contribution in [0.1, 0.15) is 41.8 Å². The summed E-state index contributed by atoms with van der Waals surface area (Å²) in [6.45, 7) is 7.79. The van der Waals surface area contributed by atoms with Gasteiger partial charge in [-0.1, -0.05) is 23.8 Å². The second-order valence-electron chi connectivity index (χ2n) is 8.98. The summed E-state index contributed by atoms with van der Waals surface area (Å²) in [6, 6.07) is 12.8. The molecule has 2 aromatic carbocycles. The third kappa shape index (κ3) is 3.74. The topological polar surface area (TPSA) is 52.2 Å². The maximum atomic E-state index is 13.3. The van der Waals surface area contributed by atoms with Crippen molar-refractivity contribution in [2.24, 2.45) is 5.92 Å². The van der Waals surface area contributed by atoms with Crippen molar-refractivity contribution in [3.8, 4) is 0 Å². The lowest BCUT2D eigenvalue weighted by atomic mass is 9.92. The molecule has 1 aromatic heterocycles. The number of aromatic amines is 1. The van der Waals surface area contributed by atoms with Crippen molar-refractivity contribution in [1.82, 2.24) is 14.9 Å². The molecule has 0 spiro atoms. The summed E-state index contributed by atoms with van der Waals surface area (Å²) in [4.78, 5) is 26.0. The Morgan fingerprint density at radius 2 is 1.83 bits per heavy atom. The molecule has 1 saturated heterocycles. The van der Waals surface area contributed by atoms with E-state index in [0.717, 1.165) is 74.4 Å². The minimum absolute atomic E-state index is 0.131. The van der Waals surface area contributed by atoms with Crippen LogP contribution in [0, 0.1) is 19.8 Å². The van der Waals surface area contributed by atoms with Gasteiger partial charge in [-0.2, -0.15) is 0 Å². The number of fused-ring (bicyclic) bond motifs is 2. The first-order valence-electron chi connectivity index (χ1n) is 11.2. The summed E-state index contributed by atoms with van der Waals surface area (Å²) < 4.78 is 0. The Hall–Kier alpha value is -2.66. The van der Waals surface area contributed by atoms with Gasteiger partial charge in [-0.25, -0.2) is 4.98 Å². The van der Waals surface area contributed by atoms with Crippen LogP contribution in [-0.2, 0) is 17.8 Å². The number of amides is 1. The zero-order valence-electron chi connectivity index (χ0n) is 17.9. The van der Waals surface area contributed by atoms with Gasteiger partial charge in [-0.05, 0) is 81.9 Å². The van der Waals surface area contributed by atoms with Crippen LogP contribution in [0.5, 0.6) is 0 Å². The van der Waals surface area contributed by atoms with Crippen LogP contribution in [0.15, 0.2) is 36.4 Å². The highest BCUT2D eigenvalue weighted by atomic mass is 16.2. The molecule has 0 bridgehead atoms. The molecule has 5 rings (SSSR count). The number of hydrogen-bond donors (Lipinski definition) is 1. The van der Waals surface area contributed by atoms with E-state index in [-0.39, 0.29) is 5.92 Å². The minimum Gasteiger partial charge on any atom is -0.341 e. The molecule has 1 amide bonds. The molecule has 30 heavy (non-hydrogen) atoms. The number of imidazole rings is 1. The van der Waals surface area contributed by atoms with Crippen LogP contribution >= 0.6 is 0 Å². The van der Waals surface area contributed by atoms with Gasteiger partial charge < -0.3 is 9.88 Å². The zero-order chi connectivity index (χ0) is 20.7. The molecular formula is C25H30N4O. The van der Waals surface area contributed by atoms with E-state index in [4.69, 9.17) is 4.98 Å². The average molecular weight is 403 g/mol. The Morgan fingerprint density at radius 3 is 2.67 bits per heavy atom. The number of hydrogen-bond acceptors (Lipinski definition) is 3. The normalized spacial score (nSPS) is 18.0. The fourth-order valence-electron chi connectivity index (χ4n) is 4.98. The van der Waals surface area contributed by atoms with E-state index in [1.165, 1.54) is 16.7 Å². The zero-order valence-corrected chi connectivity index (χ0v) is 17.9. The molecule has 1 fully saturated rings. The third-order valence-electron chi connectivity index (χ3n) is 6.62.